The first kappa shape index (κ1) is 16.8. The fraction of sp³-hybridized carbons (Fsp3) is 0.556. The molecule has 24 heavy (non-hydrogen) atoms. The highest BCUT2D eigenvalue weighted by atomic mass is 16.6. The Bertz CT molecular complexity index is 574. The number of carboxylic acid groups (broad SMARTS) is 1. The maximum Gasteiger partial charge on any atom is 0.410 e. The highest BCUT2D eigenvalue weighted by Gasteiger charge is 2.37. The van der Waals surface area contributed by atoms with Crippen molar-refractivity contribution in [2.75, 3.05) is 19.6 Å². The van der Waals surface area contributed by atoms with Crippen LogP contribution in [0.5, 0.6) is 0 Å². The molecule has 0 radical (unpaired) electrons. The molecule has 1 saturated carbocycles. The lowest BCUT2D eigenvalue weighted by atomic mass is 10.2. The molecule has 6 heteroatoms. The average molecular weight is 332 g/mol. The minimum atomic E-state index is -0.813. The summed E-state index contributed by atoms with van der Waals surface area (Å²) in [6.07, 6.45) is 3.64. The number of rotatable bonds is 7. The Balaban J connectivity index is 1.56. The van der Waals surface area contributed by atoms with E-state index in [4.69, 9.17) is 9.84 Å². The van der Waals surface area contributed by atoms with Gasteiger partial charge in [-0.25, -0.2) is 4.79 Å². The second-order valence-electron chi connectivity index (χ2n) is 6.58. The van der Waals surface area contributed by atoms with E-state index in [9.17, 15) is 9.59 Å². The van der Waals surface area contributed by atoms with Gasteiger partial charge in [-0.15, -0.1) is 0 Å². The predicted octanol–water partition coefficient (Wildman–Crippen LogP) is 2.34. The zero-order valence-corrected chi connectivity index (χ0v) is 13.8. The van der Waals surface area contributed by atoms with E-state index in [0.29, 0.717) is 6.54 Å². The van der Waals surface area contributed by atoms with Crippen LogP contribution in [-0.4, -0.2) is 58.7 Å². The first-order valence-electron chi connectivity index (χ1n) is 8.56. The molecule has 1 aromatic rings. The van der Waals surface area contributed by atoms with Crippen molar-refractivity contribution in [1.29, 1.82) is 0 Å². The third kappa shape index (κ3) is 4.47. The molecule has 1 saturated heterocycles. The van der Waals surface area contributed by atoms with E-state index >= 15 is 0 Å². The number of ether oxygens (including phenoxy) is 1. The van der Waals surface area contributed by atoms with Crippen molar-refractivity contribution in [1.82, 2.24) is 9.80 Å². The van der Waals surface area contributed by atoms with E-state index in [0.717, 1.165) is 37.8 Å². The van der Waals surface area contributed by atoms with Crippen molar-refractivity contribution in [3.63, 3.8) is 0 Å². The van der Waals surface area contributed by atoms with Gasteiger partial charge < -0.3 is 14.7 Å². The molecular formula is C18H24N2O4. The van der Waals surface area contributed by atoms with Gasteiger partial charge in [0.05, 0.1) is 6.54 Å². The Morgan fingerprint density at radius 3 is 2.62 bits per heavy atom. The molecule has 3 rings (SSSR count). The lowest BCUT2D eigenvalue weighted by Crippen LogP contribution is -2.45. The van der Waals surface area contributed by atoms with Gasteiger partial charge in [0.1, 0.15) is 6.61 Å². The van der Waals surface area contributed by atoms with Crippen LogP contribution >= 0.6 is 0 Å². The van der Waals surface area contributed by atoms with Gasteiger partial charge in [-0.2, -0.15) is 0 Å². The Kier molecular flexibility index (Phi) is 5.35. The van der Waals surface area contributed by atoms with Crippen molar-refractivity contribution < 1.29 is 19.4 Å². The van der Waals surface area contributed by atoms with Crippen LogP contribution in [-0.2, 0) is 16.1 Å². The van der Waals surface area contributed by atoms with E-state index < -0.39 is 5.97 Å². The normalized spacial score (nSPS) is 20.8. The molecule has 1 heterocycles. The summed E-state index contributed by atoms with van der Waals surface area (Å²) >= 11 is 0. The van der Waals surface area contributed by atoms with Crippen LogP contribution in [0.2, 0.25) is 0 Å². The van der Waals surface area contributed by atoms with Crippen LogP contribution < -0.4 is 0 Å². The highest BCUT2D eigenvalue weighted by molar-refractivity contribution is 5.69. The van der Waals surface area contributed by atoms with Gasteiger partial charge in [-0.3, -0.25) is 9.69 Å². The minimum Gasteiger partial charge on any atom is -0.480 e. The zero-order valence-electron chi connectivity index (χ0n) is 13.8. The van der Waals surface area contributed by atoms with Crippen LogP contribution in [0.4, 0.5) is 4.79 Å². The number of aliphatic carboxylic acids is 1. The van der Waals surface area contributed by atoms with Crippen LogP contribution in [0.3, 0.4) is 0 Å². The smallest absolute Gasteiger partial charge is 0.410 e. The van der Waals surface area contributed by atoms with Crippen molar-refractivity contribution in [3.8, 4) is 0 Å². The van der Waals surface area contributed by atoms with Gasteiger partial charge in [0.2, 0.25) is 0 Å². The van der Waals surface area contributed by atoms with Crippen molar-refractivity contribution in [2.45, 2.75) is 44.4 Å². The SMILES string of the molecule is O=C(O)CN1CCC[C@@H]1CN(C(=O)OCc1ccccc1)C1CC1. The standard InChI is InChI=1S/C18H24N2O4/c21-17(22)12-19-10-4-7-16(19)11-20(15-8-9-15)18(23)24-13-14-5-2-1-3-6-14/h1-3,5-6,15-16H,4,7-13H2,(H,21,22)/t16-/m1/s1. The first-order chi connectivity index (χ1) is 11.6. The quantitative estimate of drug-likeness (QED) is 0.830. The molecule has 0 unspecified atom stereocenters. The molecule has 1 aliphatic carbocycles. The third-order valence-electron chi connectivity index (χ3n) is 4.67. The van der Waals surface area contributed by atoms with Crippen LogP contribution in [0.25, 0.3) is 0 Å². The molecule has 1 amide bonds. The molecule has 0 spiro atoms. The Morgan fingerprint density at radius 2 is 1.96 bits per heavy atom. The second-order valence-corrected chi connectivity index (χ2v) is 6.58. The van der Waals surface area contributed by atoms with Crippen LogP contribution in [0, 0.1) is 0 Å². The van der Waals surface area contributed by atoms with Crippen molar-refractivity contribution in [3.05, 3.63) is 35.9 Å². The Morgan fingerprint density at radius 1 is 1.21 bits per heavy atom. The van der Waals surface area contributed by atoms with E-state index in [-0.39, 0.29) is 31.3 Å². The summed E-state index contributed by atoms with van der Waals surface area (Å²) in [5.41, 5.74) is 0.968. The molecule has 0 bridgehead atoms. The number of likely N-dealkylation sites (tertiary alicyclic amines) is 1. The Hall–Kier alpha value is -2.08. The van der Waals surface area contributed by atoms with E-state index in [1.165, 1.54) is 0 Å². The third-order valence-corrected chi connectivity index (χ3v) is 4.67. The first-order valence-corrected chi connectivity index (χ1v) is 8.56. The molecule has 0 aromatic heterocycles. The molecule has 2 aliphatic rings. The lowest BCUT2D eigenvalue weighted by Gasteiger charge is -2.29. The second kappa shape index (κ2) is 7.66. The van der Waals surface area contributed by atoms with Gasteiger partial charge in [0.15, 0.2) is 0 Å². The molecule has 130 valence electrons. The monoisotopic (exact) mass is 332 g/mol. The van der Waals surface area contributed by atoms with Gasteiger partial charge in [0, 0.05) is 18.6 Å². The molecule has 6 nitrogen and oxygen atoms in total. The lowest BCUT2D eigenvalue weighted by molar-refractivity contribution is -0.138. The van der Waals surface area contributed by atoms with Crippen LogP contribution in [0.15, 0.2) is 30.3 Å². The van der Waals surface area contributed by atoms with Crippen molar-refractivity contribution in [2.24, 2.45) is 0 Å². The average Bonchev–Trinajstić information content (AvgIpc) is 3.32. The van der Waals surface area contributed by atoms with Gasteiger partial charge in [0.25, 0.3) is 0 Å². The van der Waals surface area contributed by atoms with Gasteiger partial charge in [-0.1, -0.05) is 30.3 Å². The molecule has 1 aromatic carbocycles. The highest BCUT2D eigenvalue weighted by Crippen LogP contribution is 2.30. The number of nitrogens with zero attached hydrogens (tertiary/aromatic N) is 2. The summed E-state index contributed by atoms with van der Waals surface area (Å²) in [6, 6.07) is 10.00. The number of benzene rings is 1. The number of amides is 1. The topological polar surface area (TPSA) is 70.1 Å². The zero-order chi connectivity index (χ0) is 16.9. The number of carbonyl (C=O) groups is 2. The molecule has 1 N–H and O–H groups in total. The number of carboxylic acids is 1. The molecule has 1 atom stereocenters. The summed E-state index contributed by atoms with van der Waals surface area (Å²) in [6.45, 7) is 1.66. The predicted molar refractivity (Wildman–Crippen MR) is 88.6 cm³/mol. The van der Waals surface area contributed by atoms with E-state index in [1.54, 1.807) is 4.90 Å². The van der Waals surface area contributed by atoms with Gasteiger partial charge in [-0.05, 0) is 37.8 Å². The van der Waals surface area contributed by atoms with Crippen LogP contribution in [0.1, 0.15) is 31.2 Å². The fourth-order valence-electron chi connectivity index (χ4n) is 3.27. The molecular weight excluding hydrogens is 308 g/mol. The number of hydrogen-bond donors (Lipinski definition) is 1. The Labute approximate surface area is 142 Å². The summed E-state index contributed by atoms with van der Waals surface area (Å²) in [5, 5.41) is 9.02. The van der Waals surface area contributed by atoms with Gasteiger partial charge >= 0.3 is 12.1 Å². The maximum absolute atomic E-state index is 12.5. The molecule has 2 fully saturated rings. The fourth-order valence-corrected chi connectivity index (χ4v) is 3.27. The summed E-state index contributed by atoms with van der Waals surface area (Å²) in [7, 11) is 0. The van der Waals surface area contributed by atoms with E-state index in [1.807, 2.05) is 35.2 Å². The largest absolute Gasteiger partial charge is 0.480 e. The summed E-state index contributed by atoms with van der Waals surface area (Å²) in [4.78, 5) is 27.2. The minimum absolute atomic E-state index is 0.0439. The number of hydrogen-bond acceptors (Lipinski definition) is 4. The van der Waals surface area contributed by atoms with Crippen molar-refractivity contribution >= 4 is 12.1 Å². The maximum atomic E-state index is 12.5. The summed E-state index contributed by atoms with van der Waals surface area (Å²) < 4.78 is 5.47. The molecule has 1 aliphatic heterocycles. The summed E-state index contributed by atoms with van der Waals surface area (Å²) in [5.74, 6) is -0.813. The number of carbonyl (C=O) groups excluding carboxylic acids is 1. The van der Waals surface area contributed by atoms with E-state index in [2.05, 4.69) is 0 Å².